The minimum atomic E-state index is -0.422. The molecule has 2 aromatic heterocycles. The Hall–Kier alpha value is -3.00. The number of aromatic nitrogens is 1. The number of ether oxygens (including phenoxy) is 1. The Morgan fingerprint density at radius 2 is 1.97 bits per heavy atom. The smallest absolute Gasteiger partial charge is 0.266 e. The number of pyridine rings is 1. The molecule has 1 aliphatic carbocycles. The van der Waals surface area contributed by atoms with Gasteiger partial charge in [0.15, 0.2) is 0 Å². The highest BCUT2D eigenvalue weighted by Crippen LogP contribution is 2.39. The molecule has 1 aliphatic rings. The fourth-order valence-corrected chi connectivity index (χ4v) is 6.43. The van der Waals surface area contributed by atoms with Crippen molar-refractivity contribution < 1.29 is 13.9 Å². The highest BCUT2D eigenvalue weighted by Gasteiger charge is 2.32. The Labute approximate surface area is 218 Å². The van der Waals surface area contributed by atoms with Crippen LogP contribution < -0.4 is 10.5 Å². The van der Waals surface area contributed by atoms with Crippen molar-refractivity contribution in [2.24, 2.45) is 5.73 Å². The molecule has 8 heteroatoms. The van der Waals surface area contributed by atoms with Crippen LogP contribution in [0.4, 0.5) is 4.39 Å². The van der Waals surface area contributed by atoms with Gasteiger partial charge in [0.25, 0.3) is 5.91 Å². The fraction of sp³-hybridized carbons (Fsp3) is 0.286. The summed E-state index contributed by atoms with van der Waals surface area (Å²) in [6.07, 6.45) is 6.83. The molecule has 2 heterocycles. The number of nitrogens with two attached hydrogens (primary N) is 1. The molecule has 0 saturated heterocycles. The second-order valence-corrected chi connectivity index (χ2v) is 10.6. The van der Waals surface area contributed by atoms with Crippen molar-refractivity contribution in [1.29, 1.82) is 0 Å². The molecule has 0 bridgehead atoms. The van der Waals surface area contributed by atoms with Crippen LogP contribution >= 0.6 is 22.9 Å². The summed E-state index contributed by atoms with van der Waals surface area (Å²) in [4.78, 5) is 20.5. The van der Waals surface area contributed by atoms with Gasteiger partial charge in [-0.2, -0.15) is 0 Å². The Bertz CT molecular complexity index is 1390. The summed E-state index contributed by atoms with van der Waals surface area (Å²) in [6, 6.07) is 14.7. The standard InChI is InChI=1S/C28H27ClFN3O2S/c1-35-23-12-7-17(18-4-3-13-32-15-18)14-19(23)16-33(21-10-8-20(31)9-11-21)28(34)27-26(29)25-22(30)5-2-6-24(25)36-27/h2-7,12-15,20-21H,8-11,16,31H2,1H3/t20-,21+. The van der Waals surface area contributed by atoms with Crippen LogP contribution in [0.3, 0.4) is 0 Å². The van der Waals surface area contributed by atoms with E-state index in [1.807, 2.05) is 41.4 Å². The van der Waals surface area contributed by atoms with Crippen LogP contribution in [0.5, 0.6) is 5.75 Å². The summed E-state index contributed by atoms with van der Waals surface area (Å²) in [5.74, 6) is 0.0742. The predicted molar refractivity (Wildman–Crippen MR) is 143 cm³/mol. The van der Waals surface area contributed by atoms with Crippen molar-refractivity contribution >= 4 is 38.9 Å². The van der Waals surface area contributed by atoms with E-state index in [1.165, 1.54) is 17.4 Å². The number of benzene rings is 2. The predicted octanol–water partition coefficient (Wildman–Crippen LogP) is 6.68. The highest BCUT2D eigenvalue weighted by atomic mass is 35.5. The average molecular weight is 524 g/mol. The van der Waals surface area contributed by atoms with Crippen LogP contribution in [0.25, 0.3) is 21.2 Å². The van der Waals surface area contributed by atoms with E-state index in [4.69, 9.17) is 22.1 Å². The molecule has 1 fully saturated rings. The van der Waals surface area contributed by atoms with Crippen molar-refractivity contribution in [3.63, 3.8) is 0 Å². The fourth-order valence-electron chi connectivity index (χ4n) is 4.92. The van der Waals surface area contributed by atoms with E-state index in [1.54, 1.807) is 25.4 Å². The van der Waals surface area contributed by atoms with Gasteiger partial charge in [0.05, 0.1) is 12.1 Å². The van der Waals surface area contributed by atoms with E-state index < -0.39 is 5.82 Å². The Kier molecular flexibility index (Phi) is 7.23. The van der Waals surface area contributed by atoms with Gasteiger partial charge >= 0.3 is 0 Å². The first kappa shape index (κ1) is 24.7. The van der Waals surface area contributed by atoms with Gasteiger partial charge in [-0.05, 0) is 61.6 Å². The number of amides is 1. The Morgan fingerprint density at radius 1 is 1.17 bits per heavy atom. The quantitative estimate of drug-likeness (QED) is 0.306. The molecule has 0 atom stereocenters. The van der Waals surface area contributed by atoms with Gasteiger partial charge in [-0.3, -0.25) is 9.78 Å². The maximum atomic E-state index is 14.5. The minimum Gasteiger partial charge on any atom is -0.496 e. The van der Waals surface area contributed by atoms with E-state index in [0.29, 0.717) is 27.3 Å². The lowest BCUT2D eigenvalue weighted by Gasteiger charge is -2.36. The van der Waals surface area contributed by atoms with Crippen LogP contribution in [0.15, 0.2) is 60.9 Å². The second-order valence-electron chi connectivity index (χ2n) is 9.13. The first-order valence-electron chi connectivity index (χ1n) is 12.0. The third-order valence-corrected chi connectivity index (χ3v) is 8.49. The van der Waals surface area contributed by atoms with Crippen molar-refractivity contribution in [2.75, 3.05) is 7.11 Å². The van der Waals surface area contributed by atoms with Gasteiger partial charge in [-0.25, -0.2) is 4.39 Å². The minimum absolute atomic E-state index is 0.00446. The third kappa shape index (κ3) is 4.83. The van der Waals surface area contributed by atoms with Gasteiger partial charge < -0.3 is 15.4 Å². The molecule has 36 heavy (non-hydrogen) atoms. The Morgan fingerprint density at radius 3 is 2.67 bits per heavy atom. The number of carbonyl (C=O) groups excluding carboxylic acids is 1. The molecule has 1 amide bonds. The number of methoxy groups -OCH3 is 1. The van der Waals surface area contributed by atoms with E-state index in [-0.39, 0.29) is 23.0 Å². The topological polar surface area (TPSA) is 68.5 Å². The Balaban J connectivity index is 1.55. The number of halogens is 2. The summed E-state index contributed by atoms with van der Waals surface area (Å²) in [5.41, 5.74) is 9.01. The number of thiophene rings is 1. The van der Waals surface area contributed by atoms with E-state index in [9.17, 15) is 9.18 Å². The van der Waals surface area contributed by atoms with Crippen LogP contribution in [0.1, 0.15) is 40.9 Å². The summed E-state index contributed by atoms with van der Waals surface area (Å²) < 4.78 is 20.9. The molecule has 2 aromatic carbocycles. The largest absolute Gasteiger partial charge is 0.496 e. The van der Waals surface area contributed by atoms with Crippen LogP contribution in [-0.2, 0) is 6.54 Å². The number of carbonyl (C=O) groups is 1. The summed E-state index contributed by atoms with van der Waals surface area (Å²) >= 11 is 7.83. The number of rotatable bonds is 6. The molecule has 186 valence electrons. The van der Waals surface area contributed by atoms with Gasteiger partial charge in [-0.1, -0.05) is 29.8 Å². The third-order valence-electron chi connectivity index (χ3n) is 6.86. The van der Waals surface area contributed by atoms with Gasteiger partial charge in [0.1, 0.15) is 16.4 Å². The lowest BCUT2D eigenvalue weighted by atomic mass is 9.90. The molecule has 2 N–H and O–H groups in total. The molecule has 4 aromatic rings. The molecule has 0 unspecified atom stereocenters. The maximum Gasteiger partial charge on any atom is 0.266 e. The molecule has 5 rings (SSSR count). The zero-order valence-electron chi connectivity index (χ0n) is 19.9. The maximum absolute atomic E-state index is 14.5. The summed E-state index contributed by atoms with van der Waals surface area (Å²) in [6.45, 7) is 0.336. The summed E-state index contributed by atoms with van der Waals surface area (Å²) in [7, 11) is 1.63. The molecular formula is C28H27ClFN3O2S. The van der Waals surface area contributed by atoms with Gasteiger partial charge in [0.2, 0.25) is 0 Å². The molecule has 5 nitrogen and oxygen atoms in total. The van der Waals surface area contributed by atoms with E-state index >= 15 is 0 Å². The SMILES string of the molecule is COc1ccc(-c2cccnc2)cc1CN(C(=O)c1sc2cccc(F)c2c1Cl)[C@H]1CC[C@@H](N)CC1. The molecule has 0 radical (unpaired) electrons. The number of nitrogens with zero attached hydrogens (tertiary/aromatic N) is 2. The zero-order chi connectivity index (χ0) is 25.2. The summed E-state index contributed by atoms with van der Waals surface area (Å²) in [5, 5.41) is 0.473. The van der Waals surface area contributed by atoms with Gasteiger partial charge in [-0.15, -0.1) is 11.3 Å². The number of hydrogen-bond donors (Lipinski definition) is 1. The van der Waals surface area contributed by atoms with Crippen molar-refractivity contribution in [3.05, 3.63) is 82.2 Å². The lowest BCUT2D eigenvalue weighted by molar-refractivity contribution is 0.0610. The zero-order valence-corrected chi connectivity index (χ0v) is 21.5. The molecular weight excluding hydrogens is 497 g/mol. The second kappa shape index (κ2) is 10.5. The van der Waals surface area contributed by atoms with E-state index in [2.05, 4.69) is 4.98 Å². The first-order chi connectivity index (χ1) is 17.5. The molecule has 1 saturated carbocycles. The monoisotopic (exact) mass is 523 g/mol. The lowest BCUT2D eigenvalue weighted by Crippen LogP contribution is -2.43. The molecule has 0 spiro atoms. The first-order valence-corrected chi connectivity index (χ1v) is 13.2. The van der Waals surface area contributed by atoms with Crippen molar-refractivity contribution in [3.8, 4) is 16.9 Å². The number of fused-ring (bicyclic) bond motifs is 1. The van der Waals surface area contributed by atoms with Crippen LogP contribution in [-0.4, -0.2) is 35.0 Å². The van der Waals surface area contributed by atoms with Crippen molar-refractivity contribution in [2.45, 2.75) is 44.3 Å². The van der Waals surface area contributed by atoms with Crippen molar-refractivity contribution in [1.82, 2.24) is 9.88 Å². The highest BCUT2D eigenvalue weighted by molar-refractivity contribution is 7.21. The van der Waals surface area contributed by atoms with Crippen LogP contribution in [0, 0.1) is 5.82 Å². The van der Waals surface area contributed by atoms with Crippen LogP contribution in [0.2, 0.25) is 5.02 Å². The average Bonchev–Trinajstić information content (AvgIpc) is 3.25. The normalized spacial score (nSPS) is 17.8. The number of hydrogen-bond acceptors (Lipinski definition) is 5. The molecule has 0 aliphatic heterocycles. The van der Waals surface area contributed by atoms with E-state index in [0.717, 1.165) is 42.4 Å². The van der Waals surface area contributed by atoms with Gasteiger partial charge in [0, 0.05) is 52.2 Å².